The Morgan fingerprint density at radius 1 is 0.893 bits per heavy atom. The molecule has 0 spiro atoms. The number of amides is 1. The average molecular weight is 373 g/mol. The number of aryl methyl sites for hydroxylation is 1. The molecule has 3 rings (SSSR count). The fraction of sp³-hybridized carbons (Fsp3) is 0.240. The average Bonchev–Trinajstić information content (AvgIpc) is 2.72. The quantitative estimate of drug-likeness (QED) is 0.627. The largest absolute Gasteiger partial charge is 0.345 e. The Morgan fingerprint density at radius 2 is 1.57 bits per heavy atom. The summed E-state index contributed by atoms with van der Waals surface area (Å²) in [7, 11) is 4.11. The molecule has 28 heavy (non-hydrogen) atoms. The van der Waals surface area contributed by atoms with Crippen LogP contribution in [-0.2, 0) is 0 Å². The molecule has 0 saturated carbocycles. The summed E-state index contributed by atoms with van der Waals surface area (Å²) in [5.41, 5.74) is 5.20. The molecule has 0 aliphatic carbocycles. The summed E-state index contributed by atoms with van der Waals surface area (Å²) in [5.74, 6) is -0.0397. The smallest absolute Gasteiger partial charge is 0.251 e. The fourth-order valence-electron chi connectivity index (χ4n) is 3.22. The van der Waals surface area contributed by atoms with Gasteiger partial charge in [0.25, 0.3) is 5.91 Å². The molecule has 1 atom stereocenters. The SMILES string of the molecule is Cc1ccc([C@H](CCN(C)C)NC(=O)c2cccc(-c3ccccc3)c2)cc1. The lowest BCUT2D eigenvalue weighted by atomic mass is 10.00. The summed E-state index contributed by atoms with van der Waals surface area (Å²) in [5, 5.41) is 3.24. The molecule has 3 aromatic carbocycles. The molecule has 1 amide bonds. The van der Waals surface area contributed by atoms with Crippen molar-refractivity contribution >= 4 is 5.91 Å². The van der Waals surface area contributed by atoms with Crippen LogP contribution in [0, 0.1) is 6.92 Å². The van der Waals surface area contributed by atoms with E-state index >= 15 is 0 Å². The summed E-state index contributed by atoms with van der Waals surface area (Å²) in [4.78, 5) is 15.1. The molecule has 0 saturated heterocycles. The molecule has 0 unspecified atom stereocenters. The van der Waals surface area contributed by atoms with Gasteiger partial charge in [-0.3, -0.25) is 4.79 Å². The third kappa shape index (κ3) is 5.30. The summed E-state index contributed by atoms with van der Waals surface area (Å²) in [6.45, 7) is 2.98. The Hall–Kier alpha value is -2.91. The van der Waals surface area contributed by atoms with Gasteiger partial charge in [-0.05, 0) is 62.8 Å². The van der Waals surface area contributed by atoms with Crippen LogP contribution in [0.25, 0.3) is 11.1 Å². The van der Waals surface area contributed by atoms with E-state index in [0.717, 1.165) is 29.7 Å². The lowest BCUT2D eigenvalue weighted by Gasteiger charge is -2.22. The van der Waals surface area contributed by atoms with Crippen LogP contribution in [0.15, 0.2) is 78.9 Å². The van der Waals surface area contributed by atoms with Crippen LogP contribution in [0.5, 0.6) is 0 Å². The molecule has 0 aliphatic rings. The molecule has 3 nitrogen and oxygen atoms in total. The minimum Gasteiger partial charge on any atom is -0.345 e. The maximum Gasteiger partial charge on any atom is 0.251 e. The molecule has 0 fully saturated rings. The Labute approximate surface area is 168 Å². The number of carbonyl (C=O) groups excluding carboxylic acids is 1. The van der Waals surface area contributed by atoms with Gasteiger partial charge in [0.2, 0.25) is 0 Å². The van der Waals surface area contributed by atoms with Gasteiger partial charge in [0.05, 0.1) is 6.04 Å². The lowest BCUT2D eigenvalue weighted by molar-refractivity contribution is 0.0933. The Balaban J connectivity index is 1.80. The molecular formula is C25H28N2O. The first-order chi connectivity index (χ1) is 13.5. The van der Waals surface area contributed by atoms with Crippen LogP contribution in [0.1, 0.15) is 33.9 Å². The highest BCUT2D eigenvalue weighted by Gasteiger charge is 2.16. The number of rotatable bonds is 7. The number of hydrogen-bond donors (Lipinski definition) is 1. The van der Waals surface area contributed by atoms with Gasteiger partial charge in [0.15, 0.2) is 0 Å². The van der Waals surface area contributed by atoms with Gasteiger partial charge in [-0.15, -0.1) is 0 Å². The highest BCUT2D eigenvalue weighted by molar-refractivity contribution is 5.95. The van der Waals surface area contributed by atoms with Crippen molar-refractivity contribution in [3.05, 3.63) is 95.6 Å². The van der Waals surface area contributed by atoms with Crippen LogP contribution >= 0.6 is 0 Å². The first kappa shape index (κ1) is 19.8. The molecule has 144 valence electrons. The summed E-state index contributed by atoms with van der Waals surface area (Å²) < 4.78 is 0. The van der Waals surface area contributed by atoms with E-state index in [2.05, 4.69) is 67.6 Å². The second-order valence-electron chi connectivity index (χ2n) is 7.48. The highest BCUT2D eigenvalue weighted by Crippen LogP contribution is 2.22. The van der Waals surface area contributed by atoms with E-state index in [1.807, 2.05) is 42.5 Å². The monoisotopic (exact) mass is 372 g/mol. The zero-order valence-electron chi connectivity index (χ0n) is 16.9. The lowest BCUT2D eigenvalue weighted by Crippen LogP contribution is -2.31. The van der Waals surface area contributed by atoms with E-state index in [1.54, 1.807) is 0 Å². The maximum atomic E-state index is 13.0. The van der Waals surface area contributed by atoms with Crippen molar-refractivity contribution in [2.45, 2.75) is 19.4 Å². The van der Waals surface area contributed by atoms with Crippen molar-refractivity contribution in [3.8, 4) is 11.1 Å². The first-order valence-corrected chi connectivity index (χ1v) is 9.70. The maximum absolute atomic E-state index is 13.0. The Kier molecular flexibility index (Phi) is 6.62. The van der Waals surface area contributed by atoms with Crippen LogP contribution in [0.3, 0.4) is 0 Å². The van der Waals surface area contributed by atoms with E-state index in [4.69, 9.17) is 0 Å². The van der Waals surface area contributed by atoms with Crippen molar-refractivity contribution in [1.82, 2.24) is 10.2 Å². The van der Waals surface area contributed by atoms with Gasteiger partial charge in [-0.25, -0.2) is 0 Å². The Morgan fingerprint density at radius 3 is 2.25 bits per heavy atom. The molecule has 0 radical (unpaired) electrons. The highest BCUT2D eigenvalue weighted by atomic mass is 16.1. The van der Waals surface area contributed by atoms with E-state index in [9.17, 15) is 4.79 Å². The number of nitrogens with one attached hydrogen (secondary N) is 1. The molecule has 0 heterocycles. The second kappa shape index (κ2) is 9.34. The minimum atomic E-state index is -0.0397. The zero-order valence-corrected chi connectivity index (χ0v) is 16.9. The van der Waals surface area contributed by atoms with Gasteiger partial charge in [-0.2, -0.15) is 0 Å². The van der Waals surface area contributed by atoms with E-state index < -0.39 is 0 Å². The van der Waals surface area contributed by atoms with E-state index in [1.165, 1.54) is 5.56 Å². The summed E-state index contributed by atoms with van der Waals surface area (Å²) in [6.07, 6.45) is 0.861. The fourth-order valence-corrected chi connectivity index (χ4v) is 3.22. The molecule has 3 aromatic rings. The Bertz CT molecular complexity index is 901. The van der Waals surface area contributed by atoms with Gasteiger partial charge in [0, 0.05) is 5.56 Å². The molecule has 0 bridgehead atoms. The number of carbonyl (C=O) groups is 1. The van der Waals surface area contributed by atoms with E-state index in [0.29, 0.717) is 5.56 Å². The van der Waals surface area contributed by atoms with Crippen molar-refractivity contribution in [1.29, 1.82) is 0 Å². The molecular weight excluding hydrogens is 344 g/mol. The summed E-state index contributed by atoms with van der Waals surface area (Å²) in [6, 6.07) is 26.3. The predicted octanol–water partition coefficient (Wildman–Crippen LogP) is 5.08. The second-order valence-corrected chi connectivity index (χ2v) is 7.48. The molecule has 3 heteroatoms. The van der Waals surface area contributed by atoms with Crippen molar-refractivity contribution in [2.75, 3.05) is 20.6 Å². The zero-order chi connectivity index (χ0) is 19.9. The predicted molar refractivity (Wildman–Crippen MR) is 116 cm³/mol. The van der Waals surface area contributed by atoms with Crippen LogP contribution in [0.2, 0.25) is 0 Å². The molecule has 0 aromatic heterocycles. The minimum absolute atomic E-state index is 0.0177. The topological polar surface area (TPSA) is 32.3 Å². The van der Waals surface area contributed by atoms with Crippen LogP contribution in [0.4, 0.5) is 0 Å². The first-order valence-electron chi connectivity index (χ1n) is 9.70. The standard InChI is InChI=1S/C25H28N2O/c1-19-12-14-21(15-13-19)24(16-17-27(2)3)26-25(28)23-11-7-10-22(18-23)20-8-5-4-6-9-20/h4-15,18,24H,16-17H2,1-3H3,(H,26,28)/t24-/m0/s1. The van der Waals surface area contributed by atoms with E-state index in [-0.39, 0.29) is 11.9 Å². The number of hydrogen-bond acceptors (Lipinski definition) is 2. The number of nitrogens with zero attached hydrogens (tertiary/aromatic N) is 1. The van der Waals surface area contributed by atoms with Gasteiger partial charge in [-0.1, -0.05) is 72.3 Å². The third-order valence-corrected chi connectivity index (χ3v) is 4.88. The number of benzene rings is 3. The summed E-state index contributed by atoms with van der Waals surface area (Å²) >= 11 is 0. The van der Waals surface area contributed by atoms with Crippen molar-refractivity contribution < 1.29 is 4.79 Å². The molecule has 0 aliphatic heterocycles. The van der Waals surface area contributed by atoms with Crippen molar-refractivity contribution in [2.24, 2.45) is 0 Å². The van der Waals surface area contributed by atoms with Crippen LogP contribution in [-0.4, -0.2) is 31.4 Å². The molecule has 1 N–H and O–H groups in total. The van der Waals surface area contributed by atoms with Gasteiger partial charge in [0.1, 0.15) is 0 Å². The van der Waals surface area contributed by atoms with Gasteiger partial charge >= 0.3 is 0 Å². The third-order valence-electron chi connectivity index (χ3n) is 4.88. The normalized spacial score (nSPS) is 12.0. The van der Waals surface area contributed by atoms with Crippen molar-refractivity contribution in [3.63, 3.8) is 0 Å². The van der Waals surface area contributed by atoms with Gasteiger partial charge < -0.3 is 10.2 Å². The van der Waals surface area contributed by atoms with Crippen LogP contribution < -0.4 is 5.32 Å².